The van der Waals surface area contributed by atoms with Crippen LogP contribution in [0.25, 0.3) is 0 Å². The molecule has 3 N–H and O–H groups in total. The van der Waals surface area contributed by atoms with Crippen LogP contribution in [0.2, 0.25) is 0 Å². The second-order valence-corrected chi connectivity index (χ2v) is 4.13. The first-order valence-corrected chi connectivity index (χ1v) is 5.99. The van der Waals surface area contributed by atoms with Crippen LogP contribution < -0.4 is 16.0 Å². The van der Waals surface area contributed by atoms with Gasteiger partial charge in [-0.1, -0.05) is 0 Å². The lowest BCUT2D eigenvalue weighted by Gasteiger charge is -2.09. The van der Waals surface area contributed by atoms with Crippen molar-refractivity contribution in [3.8, 4) is 0 Å². The summed E-state index contributed by atoms with van der Waals surface area (Å²) in [5.74, 6) is 0. The third kappa shape index (κ3) is 5.06. The summed E-state index contributed by atoms with van der Waals surface area (Å²) in [6.07, 6.45) is 1.79. The van der Waals surface area contributed by atoms with Crippen LogP contribution in [0.4, 0.5) is 0 Å². The van der Waals surface area contributed by atoms with Crippen molar-refractivity contribution in [1.29, 1.82) is 0 Å². The first-order chi connectivity index (χ1) is 8.13. The number of hydrogen-bond donors (Lipinski definition) is 3. The largest absolute Gasteiger partial charge is 0.366 e. The maximum absolute atomic E-state index is 4.96. The molecular formula is C11H19N5S. The van der Waals surface area contributed by atoms with Crippen LogP contribution in [0.3, 0.4) is 0 Å². The Bertz CT molecular complexity index is 380. The van der Waals surface area contributed by atoms with E-state index < -0.39 is 0 Å². The van der Waals surface area contributed by atoms with Gasteiger partial charge >= 0.3 is 0 Å². The number of thiocarbonyl (C=S) groups is 1. The summed E-state index contributed by atoms with van der Waals surface area (Å²) in [7, 11) is 1.80. The molecule has 0 aliphatic heterocycles. The molecular weight excluding hydrogens is 234 g/mol. The standard InChI is InChI=1S/C11H19N5S/c1-8-6-15-10(9(2)16-8)7-13-4-5-14-11(17)12-3/h6,13H,4-5,7H2,1-3H3,(H2,12,14,17). The van der Waals surface area contributed by atoms with Crippen LogP contribution in [0.15, 0.2) is 6.20 Å². The van der Waals surface area contributed by atoms with Gasteiger partial charge in [0.2, 0.25) is 0 Å². The minimum Gasteiger partial charge on any atom is -0.366 e. The lowest BCUT2D eigenvalue weighted by atomic mass is 10.3. The number of aryl methyl sites for hydroxylation is 2. The van der Waals surface area contributed by atoms with Gasteiger partial charge in [0.05, 0.1) is 17.1 Å². The molecule has 0 radical (unpaired) electrons. The maximum atomic E-state index is 4.96. The molecule has 0 atom stereocenters. The average molecular weight is 253 g/mol. The molecule has 5 nitrogen and oxygen atoms in total. The number of hydrogen-bond acceptors (Lipinski definition) is 4. The van der Waals surface area contributed by atoms with Crippen molar-refractivity contribution >= 4 is 17.3 Å². The summed E-state index contributed by atoms with van der Waals surface area (Å²) in [6, 6.07) is 0. The Morgan fingerprint density at radius 2 is 2.12 bits per heavy atom. The van der Waals surface area contributed by atoms with Crippen molar-refractivity contribution in [2.75, 3.05) is 20.1 Å². The highest BCUT2D eigenvalue weighted by molar-refractivity contribution is 7.80. The predicted molar refractivity (Wildman–Crippen MR) is 72.9 cm³/mol. The van der Waals surface area contributed by atoms with E-state index in [-0.39, 0.29) is 0 Å². The lowest BCUT2D eigenvalue weighted by molar-refractivity contribution is 0.654. The molecule has 17 heavy (non-hydrogen) atoms. The molecule has 94 valence electrons. The smallest absolute Gasteiger partial charge is 0.166 e. The van der Waals surface area contributed by atoms with Crippen molar-refractivity contribution in [3.63, 3.8) is 0 Å². The zero-order chi connectivity index (χ0) is 12.7. The van der Waals surface area contributed by atoms with Crippen LogP contribution in [0.1, 0.15) is 17.1 Å². The summed E-state index contributed by atoms with van der Waals surface area (Å²) in [4.78, 5) is 8.71. The summed E-state index contributed by atoms with van der Waals surface area (Å²) in [5, 5.41) is 9.88. The van der Waals surface area contributed by atoms with E-state index in [1.807, 2.05) is 13.8 Å². The van der Waals surface area contributed by atoms with E-state index in [1.54, 1.807) is 13.2 Å². The monoisotopic (exact) mass is 253 g/mol. The normalized spacial score (nSPS) is 10.1. The molecule has 1 aromatic heterocycles. The van der Waals surface area contributed by atoms with E-state index >= 15 is 0 Å². The Morgan fingerprint density at radius 1 is 1.35 bits per heavy atom. The van der Waals surface area contributed by atoms with E-state index in [4.69, 9.17) is 12.2 Å². The molecule has 0 unspecified atom stereocenters. The van der Waals surface area contributed by atoms with Gasteiger partial charge in [0, 0.05) is 32.9 Å². The molecule has 6 heteroatoms. The van der Waals surface area contributed by atoms with E-state index in [0.29, 0.717) is 5.11 Å². The second kappa shape index (κ2) is 7.13. The number of rotatable bonds is 5. The molecule has 1 rings (SSSR count). The van der Waals surface area contributed by atoms with Gasteiger partial charge in [0.15, 0.2) is 5.11 Å². The number of nitrogens with zero attached hydrogens (tertiary/aromatic N) is 2. The topological polar surface area (TPSA) is 61.9 Å². The molecule has 0 amide bonds. The van der Waals surface area contributed by atoms with E-state index in [1.165, 1.54) is 0 Å². The zero-order valence-electron chi connectivity index (χ0n) is 10.5. The Morgan fingerprint density at radius 3 is 2.76 bits per heavy atom. The third-order valence-corrected chi connectivity index (χ3v) is 2.62. The van der Waals surface area contributed by atoms with Crippen molar-refractivity contribution in [3.05, 3.63) is 23.3 Å². The van der Waals surface area contributed by atoms with E-state index in [0.717, 1.165) is 36.7 Å². The van der Waals surface area contributed by atoms with Crippen molar-refractivity contribution in [1.82, 2.24) is 25.9 Å². The summed E-state index contributed by atoms with van der Waals surface area (Å²) < 4.78 is 0. The van der Waals surface area contributed by atoms with Crippen LogP contribution in [-0.2, 0) is 6.54 Å². The van der Waals surface area contributed by atoms with Gasteiger partial charge in [-0.3, -0.25) is 9.97 Å². The molecule has 0 saturated heterocycles. The summed E-state index contributed by atoms with van der Waals surface area (Å²) >= 11 is 4.96. The first-order valence-electron chi connectivity index (χ1n) is 5.59. The minimum atomic E-state index is 0.665. The van der Waals surface area contributed by atoms with Crippen molar-refractivity contribution in [2.45, 2.75) is 20.4 Å². The lowest BCUT2D eigenvalue weighted by Crippen LogP contribution is -2.37. The van der Waals surface area contributed by atoms with Crippen LogP contribution in [0, 0.1) is 13.8 Å². The maximum Gasteiger partial charge on any atom is 0.166 e. The number of aromatic nitrogens is 2. The van der Waals surface area contributed by atoms with Crippen LogP contribution in [-0.4, -0.2) is 35.2 Å². The third-order valence-electron chi connectivity index (χ3n) is 2.28. The highest BCUT2D eigenvalue weighted by Crippen LogP contribution is 2.01. The molecule has 0 spiro atoms. The molecule has 0 fully saturated rings. The molecule has 1 aromatic rings. The fourth-order valence-corrected chi connectivity index (χ4v) is 1.46. The fourth-order valence-electron chi connectivity index (χ4n) is 1.36. The minimum absolute atomic E-state index is 0.665. The highest BCUT2D eigenvalue weighted by Gasteiger charge is 2.00. The SMILES string of the molecule is CNC(=S)NCCNCc1ncc(C)nc1C. The van der Waals surface area contributed by atoms with Crippen molar-refractivity contribution in [2.24, 2.45) is 0 Å². The fraction of sp³-hybridized carbons (Fsp3) is 0.545. The Labute approximate surface area is 107 Å². The molecule has 0 aliphatic carbocycles. The highest BCUT2D eigenvalue weighted by atomic mass is 32.1. The summed E-state index contributed by atoms with van der Waals surface area (Å²) in [5.41, 5.74) is 2.93. The quantitative estimate of drug-likeness (QED) is 0.517. The zero-order valence-corrected chi connectivity index (χ0v) is 11.3. The first kappa shape index (κ1) is 13.8. The van der Waals surface area contributed by atoms with E-state index in [2.05, 4.69) is 25.9 Å². The molecule has 0 aliphatic rings. The second-order valence-electron chi connectivity index (χ2n) is 3.73. The van der Waals surface area contributed by atoms with Gasteiger partial charge in [-0.25, -0.2) is 0 Å². The Balaban J connectivity index is 2.24. The number of nitrogens with one attached hydrogen (secondary N) is 3. The van der Waals surface area contributed by atoms with Gasteiger partial charge in [-0.15, -0.1) is 0 Å². The van der Waals surface area contributed by atoms with Gasteiger partial charge < -0.3 is 16.0 Å². The molecule has 0 bridgehead atoms. The molecule has 0 aromatic carbocycles. The Hall–Kier alpha value is -1.27. The Kier molecular flexibility index (Phi) is 5.79. The molecule has 0 saturated carbocycles. The van der Waals surface area contributed by atoms with Crippen molar-refractivity contribution < 1.29 is 0 Å². The van der Waals surface area contributed by atoms with Gasteiger partial charge in [0.1, 0.15) is 0 Å². The van der Waals surface area contributed by atoms with Gasteiger partial charge in [0.25, 0.3) is 0 Å². The van der Waals surface area contributed by atoms with Gasteiger partial charge in [-0.05, 0) is 26.1 Å². The molecule has 1 heterocycles. The summed E-state index contributed by atoms with van der Waals surface area (Å²) in [6.45, 7) is 6.27. The van der Waals surface area contributed by atoms with Crippen LogP contribution >= 0.6 is 12.2 Å². The van der Waals surface area contributed by atoms with Gasteiger partial charge in [-0.2, -0.15) is 0 Å². The van der Waals surface area contributed by atoms with E-state index in [9.17, 15) is 0 Å². The van der Waals surface area contributed by atoms with Crippen LogP contribution in [0.5, 0.6) is 0 Å². The predicted octanol–water partition coefficient (Wildman–Crippen LogP) is 0.277. The average Bonchev–Trinajstić information content (AvgIpc) is 2.30.